The Kier molecular flexibility index (Phi) is 31.5. The second-order valence-corrected chi connectivity index (χ2v) is 13.5. The van der Waals surface area contributed by atoms with E-state index in [4.69, 9.17) is 9.47 Å². The van der Waals surface area contributed by atoms with Crippen molar-refractivity contribution in [2.75, 3.05) is 27.2 Å². The standard InChI is InChI=1S/C38H75NO4/c1-6-9-12-15-16-17-18-19-22-25-30-36(43-37(40)31-26-27-32-39(4)5)34-42-38(41)33-35(28-23-20-13-10-7-2)29-24-21-14-11-8-3/h35-36H,6-34H2,1-5H3. The maximum atomic E-state index is 13.0. The third kappa shape index (κ3) is 30.7. The van der Waals surface area contributed by atoms with Crippen LogP contribution in [0.3, 0.4) is 0 Å². The minimum atomic E-state index is -0.319. The largest absolute Gasteiger partial charge is 0.462 e. The van der Waals surface area contributed by atoms with E-state index in [1.807, 2.05) is 0 Å². The molecule has 256 valence electrons. The van der Waals surface area contributed by atoms with Crippen LogP contribution in [0.5, 0.6) is 0 Å². The second-order valence-electron chi connectivity index (χ2n) is 13.5. The van der Waals surface area contributed by atoms with Crippen molar-refractivity contribution in [1.29, 1.82) is 0 Å². The van der Waals surface area contributed by atoms with E-state index in [-0.39, 0.29) is 24.6 Å². The number of nitrogens with zero attached hydrogens (tertiary/aromatic N) is 1. The molecule has 0 saturated heterocycles. The van der Waals surface area contributed by atoms with Crippen molar-refractivity contribution in [3.05, 3.63) is 0 Å². The molecule has 1 unspecified atom stereocenters. The normalized spacial score (nSPS) is 12.3. The zero-order valence-electron chi connectivity index (χ0n) is 29.7. The van der Waals surface area contributed by atoms with Gasteiger partial charge in [0, 0.05) is 12.8 Å². The fraction of sp³-hybridized carbons (Fsp3) is 0.947. The number of carbonyl (C=O) groups is 2. The molecule has 0 heterocycles. The SMILES string of the molecule is CCCCCCCCCCCCC(COC(=O)CC(CCCCCCC)CCCCCCC)OC(=O)CCCCN(C)C. The highest BCUT2D eigenvalue weighted by Gasteiger charge is 2.19. The van der Waals surface area contributed by atoms with Crippen LogP contribution in [0.1, 0.15) is 194 Å². The Morgan fingerprint density at radius 2 is 0.977 bits per heavy atom. The molecule has 0 aliphatic rings. The third-order valence-electron chi connectivity index (χ3n) is 8.73. The first-order chi connectivity index (χ1) is 20.9. The summed E-state index contributed by atoms with van der Waals surface area (Å²) in [5, 5.41) is 0. The predicted molar refractivity (Wildman–Crippen MR) is 185 cm³/mol. The van der Waals surface area contributed by atoms with Gasteiger partial charge in [-0.25, -0.2) is 0 Å². The summed E-state index contributed by atoms with van der Waals surface area (Å²) in [4.78, 5) is 27.7. The van der Waals surface area contributed by atoms with Gasteiger partial charge in [0.25, 0.3) is 0 Å². The first kappa shape index (κ1) is 41.9. The lowest BCUT2D eigenvalue weighted by Crippen LogP contribution is -2.26. The Labute approximate surface area is 269 Å². The predicted octanol–water partition coefficient (Wildman–Crippen LogP) is 11.2. The van der Waals surface area contributed by atoms with E-state index >= 15 is 0 Å². The van der Waals surface area contributed by atoms with Gasteiger partial charge in [-0.3, -0.25) is 9.59 Å². The summed E-state index contributed by atoms with van der Waals surface area (Å²) >= 11 is 0. The molecule has 5 heteroatoms. The average molecular weight is 610 g/mol. The molecule has 0 aliphatic heterocycles. The van der Waals surface area contributed by atoms with Crippen molar-refractivity contribution >= 4 is 11.9 Å². The highest BCUT2D eigenvalue weighted by Crippen LogP contribution is 2.23. The lowest BCUT2D eigenvalue weighted by molar-refractivity contribution is -0.160. The number of ether oxygens (including phenoxy) is 2. The summed E-state index contributed by atoms with van der Waals surface area (Å²) in [6.07, 6.45) is 30.9. The topological polar surface area (TPSA) is 55.8 Å². The van der Waals surface area contributed by atoms with E-state index in [1.165, 1.54) is 116 Å². The first-order valence-electron chi connectivity index (χ1n) is 18.9. The van der Waals surface area contributed by atoms with Crippen LogP contribution in [0.25, 0.3) is 0 Å². The number of hydrogen-bond donors (Lipinski definition) is 0. The molecule has 0 fully saturated rings. The minimum absolute atomic E-state index is 0.109. The minimum Gasteiger partial charge on any atom is -0.462 e. The summed E-state index contributed by atoms with van der Waals surface area (Å²) in [5.41, 5.74) is 0. The van der Waals surface area contributed by atoms with Gasteiger partial charge in [-0.1, -0.05) is 143 Å². The van der Waals surface area contributed by atoms with Crippen LogP contribution in [0.2, 0.25) is 0 Å². The van der Waals surface area contributed by atoms with E-state index in [0.29, 0.717) is 18.8 Å². The highest BCUT2D eigenvalue weighted by atomic mass is 16.6. The molecule has 0 bridgehead atoms. The van der Waals surface area contributed by atoms with Crippen LogP contribution in [0, 0.1) is 5.92 Å². The maximum Gasteiger partial charge on any atom is 0.306 e. The van der Waals surface area contributed by atoms with Crippen LogP contribution < -0.4 is 0 Å². The van der Waals surface area contributed by atoms with E-state index in [0.717, 1.165) is 51.5 Å². The molecule has 0 N–H and O–H groups in total. The monoisotopic (exact) mass is 610 g/mol. The lowest BCUT2D eigenvalue weighted by Gasteiger charge is -2.20. The fourth-order valence-electron chi connectivity index (χ4n) is 5.88. The molecular weight excluding hydrogens is 534 g/mol. The van der Waals surface area contributed by atoms with Crippen molar-refractivity contribution in [3.63, 3.8) is 0 Å². The lowest BCUT2D eigenvalue weighted by atomic mass is 9.91. The zero-order valence-corrected chi connectivity index (χ0v) is 29.7. The molecule has 0 spiro atoms. The van der Waals surface area contributed by atoms with Crippen molar-refractivity contribution in [2.24, 2.45) is 5.92 Å². The summed E-state index contributed by atoms with van der Waals surface area (Å²) in [5.74, 6) is 0.154. The molecule has 0 aromatic heterocycles. The van der Waals surface area contributed by atoms with Gasteiger partial charge in [0.15, 0.2) is 0 Å². The van der Waals surface area contributed by atoms with Gasteiger partial charge in [-0.15, -0.1) is 0 Å². The summed E-state index contributed by atoms with van der Waals surface area (Å²) in [6.45, 7) is 7.95. The molecule has 0 rings (SSSR count). The number of esters is 2. The average Bonchev–Trinajstić information content (AvgIpc) is 2.98. The molecule has 0 radical (unpaired) electrons. The van der Waals surface area contributed by atoms with Crippen LogP contribution in [0.15, 0.2) is 0 Å². The highest BCUT2D eigenvalue weighted by molar-refractivity contribution is 5.70. The van der Waals surface area contributed by atoms with E-state index in [9.17, 15) is 9.59 Å². The number of carbonyl (C=O) groups excluding carboxylic acids is 2. The molecular formula is C38H75NO4. The molecule has 0 aliphatic carbocycles. The Bertz CT molecular complexity index is 595. The van der Waals surface area contributed by atoms with Gasteiger partial charge in [0.05, 0.1) is 0 Å². The van der Waals surface area contributed by atoms with Crippen LogP contribution in [-0.4, -0.2) is 50.2 Å². The van der Waals surface area contributed by atoms with Gasteiger partial charge in [0.1, 0.15) is 12.7 Å². The number of unbranched alkanes of at least 4 members (excludes halogenated alkanes) is 18. The smallest absolute Gasteiger partial charge is 0.306 e. The van der Waals surface area contributed by atoms with E-state index < -0.39 is 0 Å². The Hall–Kier alpha value is -1.10. The Morgan fingerprint density at radius 1 is 0.535 bits per heavy atom. The summed E-state index contributed by atoms with van der Waals surface area (Å²) in [6, 6.07) is 0. The maximum absolute atomic E-state index is 13.0. The van der Waals surface area contributed by atoms with E-state index in [2.05, 4.69) is 39.8 Å². The summed E-state index contributed by atoms with van der Waals surface area (Å²) in [7, 11) is 4.11. The molecule has 0 aromatic rings. The molecule has 0 aromatic carbocycles. The van der Waals surface area contributed by atoms with Crippen molar-refractivity contribution < 1.29 is 19.1 Å². The Balaban J connectivity index is 4.70. The molecule has 43 heavy (non-hydrogen) atoms. The quantitative estimate of drug-likeness (QED) is 0.0547. The van der Waals surface area contributed by atoms with Crippen LogP contribution >= 0.6 is 0 Å². The fourth-order valence-corrected chi connectivity index (χ4v) is 5.88. The van der Waals surface area contributed by atoms with Crippen molar-refractivity contribution in [3.8, 4) is 0 Å². The Morgan fingerprint density at radius 3 is 1.44 bits per heavy atom. The van der Waals surface area contributed by atoms with Gasteiger partial charge in [-0.2, -0.15) is 0 Å². The summed E-state index contributed by atoms with van der Waals surface area (Å²) < 4.78 is 11.7. The molecule has 5 nitrogen and oxygen atoms in total. The first-order valence-corrected chi connectivity index (χ1v) is 18.9. The van der Waals surface area contributed by atoms with Crippen LogP contribution in [-0.2, 0) is 19.1 Å². The van der Waals surface area contributed by atoms with E-state index in [1.54, 1.807) is 0 Å². The van der Waals surface area contributed by atoms with Gasteiger partial charge < -0.3 is 14.4 Å². The van der Waals surface area contributed by atoms with Crippen LogP contribution in [0.4, 0.5) is 0 Å². The van der Waals surface area contributed by atoms with Crippen molar-refractivity contribution in [1.82, 2.24) is 4.90 Å². The van der Waals surface area contributed by atoms with Gasteiger partial charge in [0.2, 0.25) is 0 Å². The van der Waals surface area contributed by atoms with Crippen molar-refractivity contribution in [2.45, 2.75) is 200 Å². The molecule has 0 saturated carbocycles. The van der Waals surface area contributed by atoms with Gasteiger partial charge >= 0.3 is 11.9 Å². The number of hydrogen-bond acceptors (Lipinski definition) is 5. The molecule has 1 atom stereocenters. The second kappa shape index (κ2) is 32.3. The zero-order chi connectivity index (χ0) is 31.8. The third-order valence-corrected chi connectivity index (χ3v) is 8.73. The number of rotatable bonds is 33. The molecule has 0 amide bonds. The van der Waals surface area contributed by atoms with Gasteiger partial charge in [-0.05, 0) is 65.1 Å².